The molecular formula is C30H25Cl2NO5. The Bertz CT molecular complexity index is 1540. The summed E-state index contributed by atoms with van der Waals surface area (Å²) in [6, 6.07) is 20.0. The van der Waals surface area contributed by atoms with Crippen LogP contribution in [0.3, 0.4) is 0 Å². The number of rotatable bonds is 7. The lowest BCUT2D eigenvalue weighted by Crippen LogP contribution is -2.08. The molecule has 0 radical (unpaired) electrons. The highest BCUT2D eigenvalue weighted by molar-refractivity contribution is 6.33. The van der Waals surface area contributed by atoms with Crippen LogP contribution < -0.4 is 0 Å². The predicted octanol–water partition coefficient (Wildman–Crippen LogP) is 6.88. The van der Waals surface area contributed by atoms with Crippen LogP contribution >= 0.6 is 23.2 Å². The van der Waals surface area contributed by atoms with Gasteiger partial charge in [0.1, 0.15) is 6.29 Å². The van der Waals surface area contributed by atoms with Crippen LogP contribution in [0.5, 0.6) is 0 Å². The van der Waals surface area contributed by atoms with Gasteiger partial charge in [-0.25, -0.2) is 0 Å². The minimum atomic E-state index is -0.326. The fraction of sp³-hybridized carbons (Fsp3) is 0.200. The number of nitrogens with zero attached hydrogens (tertiary/aromatic N) is 1. The molecule has 0 aliphatic heterocycles. The number of carbonyl (C=O) groups excluding carboxylic acids is 3. The molecule has 0 saturated heterocycles. The highest BCUT2D eigenvalue weighted by Gasteiger charge is 2.13. The Kier molecular flexibility index (Phi) is 10.2. The monoisotopic (exact) mass is 549 g/mol. The maximum Gasteiger partial charge on any atom is 0.310 e. The number of hydrogen-bond acceptors (Lipinski definition) is 6. The number of esters is 2. The largest absolute Gasteiger partial charge is 0.466 e. The van der Waals surface area contributed by atoms with Gasteiger partial charge >= 0.3 is 11.9 Å². The van der Waals surface area contributed by atoms with Crippen molar-refractivity contribution < 1.29 is 23.9 Å². The molecule has 8 heteroatoms. The Morgan fingerprint density at radius 1 is 0.789 bits per heavy atom. The third-order valence-electron chi connectivity index (χ3n) is 5.69. The highest BCUT2D eigenvalue weighted by atomic mass is 35.5. The number of carbonyl (C=O) groups is 3. The third kappa shape index (κ3) is 7.10. The molecule has 0 fully saturated rings. The molecule has 0 aliphatic rings. The summed E-state index contributed by atoms with van der Waals surface area (Å²) in [7, 11) is 0. The standard InChI is InChI=1S/C15H12ClNO2.C15H13ClO3/c2*1-2-19-15(18)8-13-12-7-10(9-17)3-4-11(12)5-6-14(13)16/h3-7H,2,8H2,1H3;3-7,9H,2,8H2,1H3. The van der Waals surface area contributed by atoms with Gasteiger partial charge in [-0.1, -0.05) is 53.5 Å². The number of hydrogen-bond donors (Lipinski definition) is 0. The van der Waals surface area contributed by atoms with Crippen LogP contribution in [-0.4, -0.2) is 31.4 Å². The highest BCUT2D eigenvalue weighted by Crippen LogP contribution is 2.29. The van der Waals surface area contributed by atoms with Gasteiger partial charge < -0.3 is 9.47 Å². The van der Waals surface area contributed by atoms with Crippen molar-refractivity contribution in [3.8, 4) is 6.07 Å². The predicted molar refractivity (Wildman–Crippen MR) is 149 cm³/mol. The molecular weight excluding hydrogens is 525 g/mol. The van der Waals surface area contributed by atoms with Gasteiger partial charge in [-0.15, -0.1) is 0 Å². The molecule has 194 valence electrons. The molecule has 4 aromatic rings. The zero-order valence-corrected chi connectivity index (χ0v) is 22.4. The fourth-order valence-electron chi connectivity index (χ4n) is 3.94. The fourth-order valence-corrected chi connectivity index (χ4v) is 4.41. The molecule has 0 heterocycles. The first-order valence-corrected chi connectivity index (χ1v) is 12.7. The van der Waals surface area contributed by atoms with Crippen LogP contribution in [0.1, 0.15) is 40.9 Å². The van der Waals surface area contributed by atoms with Crippen LogP contribution in [0.2, 0.25) is 10.0 Å². The summed E-state index contributed by atoms with van der Waals surface area (Å²) in [5, 5.41) is 13.5. The quantitative estimate of drug-likeness (QED) is 0.184. The Labute approximate surface area is 230 Å². The van der Waals surface area contributed by atoms with E-state index >= 15 is 0 Å². The topological polar surface area (TPSA) is 93.5 Å². The van der Waals surface area contributed by atoms with Crippen molar-refractivity contribution in [1.82, 2.24) is 0 Å². The van der Waals surface area contributed by atoms with Crippen LogP contribution in [0.25, 0.3) is 21.5 Å². The Morgan fingerprint density at radius 3 is 1.74 bits per heavy atom. The van der Waals surface area contributed by atoms with Gasteiger partial charge in [-0.05, 0) is 76.9 Å². The van der Waals surface area contributed by atoms with Crippen molar-refractivity contribution in [2.45, 2.75) is 26.7 Å². The molecule has 4 rings (SSSR count). The van der Waals surface area contributed by atoms with Gasteiger partial charge in [0.05, 0.1) is 37.7 Å². The summed E-state index contributed by atoms with van der Waals surface area (Å²) in [6.45, 7) is 4.19. The van der Waals surface area contributed by atoms with Crippen molar-refractivity contribution in [3.05, 3.63) is 93.0 Å². The van der Waals surface area contributed by atoms with Gasteiger partial charge in [0.2, 0.25) is 0 Å². The summed E-state index contributed by atoms with van der Waals surface area (Å²) >= 11 is 12.3. The molecule has 0 aliphatic carbocycles. The number of ether oxygens (including phenoxy) is 2. The van der Waals surface area contributed by atoms with Crippen LogP contribution in [0, 0.1) is 11.3 Å². The number of halogens is 2. The average Bonchev–Trinajstić information content (AvgIpc) is 2.92. The second kappa shape index (κ2) is 13.6. The van der Waals surface area contributed by atoms with Crippen LogP contribution in [0.4, 0.5) is 0 Å². The van der Waals surface area contributed by atoms with E-state index in [1.165, 1.54) is 0 Å². The Hall–Kier alpha value is -3.92. The minimum Gasteiger partial charge on any atom is -0.466 e. The number of nitriles is 1. The van der Waals surface area contributed by atoms with Crippen LogP contribution in [-0.2, 0) is 31.9 Å². The zero-order valence-electron chi connectivity index (χ0n) is 20.9. The zero-order chi connectivity index (χ0) is 27.7. The lowest BCUT2D eigenvalue weighted by atomic mass is 10.00. The van der Waals surface area contributed by atoms with Crippen molar-refractivity contribution in [3.63, 3.8) is 0 Å². The number of aldehydes is 1. The van der Waals surface area contributed by atoms with E-state index in [1.807, 2.05) is 24.3 Å². The smallest absolute Gasteiger partial charge is 0.310 e. The summed E-state index contributed by atoms with van der Waals surface area (Å²) in [6.07, 6.45) is 0.986. The second-order valence-electron chi connectivity index (χ2n) is 8.16. The van der Waals surface area contributed by atoms with Gasteiger partial charge in [0.25, 0.3) is 0 Å². The van der Waals surface area contributed by atoms with E-state index in [2.05, 4.69) is 6.07 Å². The normalized spacial score (nSPS) is 10.3. The van der Waals surface area contributed by atoms with Crippen LogP contribution in [0.15, 0.2) is 60.7 Å². The van der Waals surface area contributed by atoms with Gasteiger partial charge in [0, 0.05) is 15.6 Å². The Morgan fingerprint density at radius 2 is 1.26 bits per heavy atom. The molecule has 0 unspecified atom stereocenters. The average molecular weight is 550 g/mol. The SMILES string of the molecule is CCOC(=O)Cc1c(Cl)ccc2ccc(C#N)cc12.CCOC(=O)Cc1c(Cl)ccc2ccc(C=O)cc12. The van der Waals surface area contributed by atoms with Crippen molar-refractivity contribution >= 4 is 63.0 Å². The lowest BCUT2D eigenvalue weighted by molar-refractivity contribution is -0.143. The summed E-state index contributed by atoms with van der Waals surface area (Å²) in [4.78, 5) is 34.1. The lowest BCUT2D eigenvalue weighted by Gasteiger charge is -2.09. The van der Waals surface area contributed by atoms with Crippen molar-refractivity contribution in [2.24, 2.45) is 0 Å². The molecule has 6 nitrogen and oxygen atoms in total. The number of benzene rings is 4. The first-order chi connectivity index (χ1) is 18.3. The van der Waals surface area contributed by atoms with Gasteiger partial charge in [-0.2, -0.15) is 5.26 Å². The molecule has 0 atom stereocenters. The maximum atomic E-state index is 11.6. The third-order valence-corrected chi connectivity index (χ3v) is 6.40. The molecule has 0 spiro atoms. The molecule has 0 amide bonds. The molecule has 0 N–H and O–H groups in total. The van der Waals surface area contributed by atoms with E-state index in [4.69, 9.17) is 37.9 Å². The van der Waals surface area contributed by atoms with Crippen molar-refractivity contribution in [2.75, 3.05) is 13.2 Å². The molecule has 0 saturated carbocycles. The van der Waals surface area contributed by atoms with Crippen molar-refractivity contribution in [1.29, 1.82) is 5.26 Å². The molecule has 0 aromatic heterocycles. The van der Waals surface area contributed by atoms with E-state index in [0.29, 0.717) is 45.5 Å². The first-order valence-electron chi connectivity index (χ1n) is 11.9. The van der Waals surface area contributed by atoms with E-state index in [1.54, 1.807) is 50.2 Å². The molecule has 4 aromatic carbocycles. The van der Waals surface area contributed by atoms with Gasteiger partial charge in [-0.3, -0.25) is 14.4 Å². The maximum absolute atomic E-state index is 11.6. The van der Waals surface area contributed by atoms with Gasteiger partial charge in [0.15, 0.2) is 0 Å². The Balaban J connectivity index is 0.000000211. The van der Waals surface area contributed by atoms with E-state index in [9.17, 15) is 14.4 Å². The van der Waals surface area contributed by atoms with E-state index < -0.39 is 0 Å². The van der Waals surface area contributed by atoms with E-state index in [-0.39, 0.29) is 24.8 Å². The number of fused-ring (bicyclic) bond motifs is 2. The summed E-state index contributed by atoms with van der Waals surface area (Å²) < 4.78 is 9.88. The minimum absolute atomic E-state index is 0.103. The van der Waals surface area contributed by atoms with E-state index in [0.717, 1.165) is 27.8 Å². The first kappa shape index (κ1) is 28.6. The molecule has 38 heavy (non-hydrogen) atoms. The summed E-state index contributed by atoms with van der Waals surface area (Å²) in [5.74, 6) is -0.646. The summed E-state index contributed by atoms with van der Waals surface area (Å²) in [5.41, 5.74) is 2.50. The molecule has 0 bridgehead atoms. The second-order valence-corrected chi connectivity index (χ2v) is 8.98.